The van der Waals surface area contributed by atoms with E-state index in [1.807, 2.05) is 58.0 Å². The van der Waals surface area contributed by atoms with Gasteiger partial charge in [-0.1, -0.05) is 35.9 Å². The van der Waals surface area contributed by atoms with E-state index >= 15 is 0 Å². The normalized spacial score (nSPS) is 18.3. The predicted octanol–water partition coefficient (Wildman–Crippen LogP) is 4.24. The van der Waals surface area contributed by atoms with Crippen molar-refractivity contribution in [3.05, 3.63) is 59.2 Å². The molecule has 4 heteroatoms. The number of anilines is 2. The van der Waals surface area contributed by atoms with Crippen LogP contribution in [0, 0.1) is 32.6 Å². The molecule has 4 nitrogen and oxygen atoms in total. The minimum absolute atomic E-state index is 0.0381. The summed E-state index contributed by atoms with van der Waals surface area (Å²) < 4.78 is 0. The summed E-state index contributed by atoms with van der Waals surface area (Å²) in [7, 11) is 0. The molecule has 0 spiro atoms. The van der Waals surface area contributed by atoms with E-state index in [0.717, 1.165) is 22.5 Å². The molecule has 0 saturated heterocycles. The Labute approximate surface area is 155 Å². The smallest absolute Gasteiger partial charge is 0.230 e. The Hall–Kier alpha value is -2.62. The number of hydrogen-bond acceptors (Lipinski definition) is 2. The fourth-order valence-corrected chi connectivity index (χ4v) is 3.62. The molecule has 2 aromatic carbocycles. The molecule has 26 heavy (non-hydrogen) atoms. The first-order chi connectivity index (χ1) is 12.4. The summed E-state index contributed by atoms with van der Waals surface area (Å²) >= 11 is 0. The van der Waals surface area contributed by atoms with Gasteiger partial charge in [-0.2, -0.15) is 0 Å². The molecule has 1 aliphatic carbocycles. The van der Waals surface area contributed by atoms with E-state index in [1.165, 1.54) is 5.56 Å². The molecular weight excluding hydrogens is 324 g/mol. The average molecular weight is 350 g/mol. The van der Waals surface area contributed by atoms with Gasteiger partial charge < -0.3 is 10.2 Å². The molecule has 2 amide bonds. The molecule has 0 aliphatic heterocycles. The molecule has 0 heterocycles. The maximum atomic E-state index is 12.8. The predicted molar refractivity (Wildman–Crippen MR) is 105 cm³/mol. The van der Waals surface area contributed by atoms with Crippen LogP contribution >= 0.6 is 0 Å². The second-order valence-electron chi connectivity index (χ2n) is 7.13. The lowest BCUT2D eigenvalue weighted by Crippen LogP contribution is -2.33. The Kier molecular flexibility index (Phi) is 5.12. The third-order valence-corrected chi connectivity index (χ3v) is 5.02. The zero-order valence-electron chi connectivity index (χ0n) is 15.9. The summed E-state index contributed by atoms with van der Waals surface area (Å²) in [4.78, 5) is 27.2. The van der Waals surface area contributed by atoms with Gasteiger partial charge in [-0.05, 0) is 57.4 Å². The Morgan fingerprint density at radius 3 is 2.23 bits per heavy atom. The van der Waals surface area contributed by atoms with Gasteiger partial charge in [-0.25, -0.2) is 0 Å². The van der Waals surface area contributed by atoms with E-state index in [2.05, 4.69) is 17.4 Å². The summed E-state index contributed by atoms with van der Waals surface area (Å²) in [6, 6.07) is 13.8. The topological polar surface area (TPSA) is 49.4 Å². The van der Waals surface area contributed by atoms with Gasteiger partial charge in [0.1, 0.15) is 0 Å². The van der Waals surface area contributed by atoms with Crippen LogP contribution in [0.15, 0.2) is 42.5 Å². The Morgan fingerprint density at radius 2 is 1.65 bits per heavy atom. The monoisotopic (exact) mass is 350 g/mol. The van der Waals surface area contributed by atoms with Crippen molar-refractivity contribution in [1.82, 2.24) is 0 Å². The number of aryl methyl sites for hydroxylation is 3. The molecule has 1 saturated carbocycles. The van der Waals surface area contributed by atoms with Crippen LogP contribution in [0.4, 0.5) is 11.4 Å². The second-order valence-corrected chi connectivity index (χ2v) is 7.13. The standard InChI is InChI=1S/C22H26N2O2/c1-5-24(17-9-7-6-8-10-17)22(26)19-13-18(19)21(25)23-20-15(3)11-14(2)12-16(20)4/h6-12,18-19H,5,13H2,1-4H3,(H,23,25). The molecule has 0 aromatic heterocycles. The van der Waals surface area contributed by atoms with Crippen molar-refractivity contribution >= 4 is 23.2 Å². The largest absolute Gasteiger partial charge is 0.325 e. The van der Waals surface area contributed by atoms with E-state index in [4.69, 9.17) is 0 Å². The lowest BCUT2D eigenvalue weighted by molar-refractivity contribution is -0.123. The van der Waals surface area contributed by atoms with Crippen LogP contribution in [0.2, 0.25) is 0 Å². The summed E-state index contributed by atoms with van der Waals surface area (Å²) in [5.41, 5.74) is 5.04. The van der Waals surface area contributed by atoms with Gasteiger partial charge >= 0.3 is 0 Å². The van der Waals surface area contributed by atoms with Crippen LogP contribution < -0.4 is 10.2 Å². The van der Waals surface area contributed by atoms with Crippen molar-refractivity contribution in [2.45, 2.75) is 34.1 Å². The van der Waals surface area contributed by atoms with Crippen LogP contribution in [-0.4, -0.2) is 18.4 Å². The van der Waals surface area contributed by atoms with E-state index in [1.54, 1.807) is 4.90 Å². The van der Waals surface area contributed by atoms with Crippen LogP contribution in [0.1, 0.15) is 30.0 Å². The number of carbonyl (C=O) groups excluding carboxylic acids is 2. The molecule has 2 aromatic rings. The number of benzene rings is 2. The summed E-state index contributed by atoms with van der Waals surface area (Å²) in [5.74, 6) is -0.472. The lowest BCUT2D eigenvalue weighted by atomic mass is 10.0. The maximum absolute atomic E-state index is 12.8. The highest BCUT2D eigenvalue weighted by molar-refractivity contribution is 6.04. The molecular formula is C22H26N2O2. The van der Waals surface area contributed by atoms with Gasteiger partial charge in [0.15, 0.2) is 0 Å². The summed E-state index contributed by atoms with van der Waals surface area (Å²) in [6.45, 7) is 8.61. The molecule has 136 valence electrons. The number of carbonyl (C=O) groups is 2. The second kappa shape index (κ2) is 7.32. The van der Waals surface area contributed by atoms with Gasteiger partial charge in [0, 0.05) is 17.9 Å². The molecule has 3 rings (SSSR count). The maximum Gasteiger partial charge on any atom is 0.230 e. The summed E-state index contributed by atoms with van der Waals surface area (Å²) in [6.07, 6.45) is 0.623. The van der Waals surface area contributed by atoms with Crippen molar-refractivity contribution in [1.29, 1.82) is 0 Å². The molecule has 1 fully saturated rings. The zero-order chi connectivity index (χ0) is 18.8. The highest BCUT2D eigenvalue weighted by atomic mass is 16.2. The van der Waals surface area contributed by atoms with E-state index in [9.17, 15) is 9.59 Å². The number of nitrogens with zero attached hydrogens (tertiary/aromatic N) is 1. The van der Waals surface area contributed by atoms with Crippen molar-refractivity contribution in [3.8, 4) is 0 Å². The number of hydrogen-bond donors (Lipinski definition) is 1. The highest BCUT2D eigenvalue weighted by Gasteiger charge is 2.49. The Balaban J connectivity index is 1.68. The Bertz CT molecular complexity index is 806. The first-order valence-corrected chi connectivity index (χ1v) is 9.17. The van der Waals surface area contributed by atoms with Crippen LogP contribution in [-0.2, 0) is 9.59 Å². The Morgan fingerprint density at radius 1 is 1.04 bits per heavy atom. The number of nitrogens with one attached hydrogen (secondary N) is 1. The van der Waals surface area contributed by atoms with E-state index < -0.39 is 0 Å². The molecule has 1 N–H and O–H groups in total. The first-order valence-electron chi connectivity index (χ1n) is 9.17. The van der Waals surface area contributed by atoms with Crippen LogP contribution in [0.25, 0.3) is 0 Å². The zero-order valence-corrected chi connectivity index (χ0v) is 15.9. The third kappa shape index (κ3) is 3.64. The minimum atomic E-state index is -0.236. The minimum Gasteiger partial charge on any atom is -0.325 e. The first kappa shape index (κ1) is 18.2. The molecule has 2 unspecified atom stereocenters. The summed E-state index contributed by atoms with van der Waals surface area (Å²) in [5, 5.41) is 3.04. The number of amides is 2. The van der Waals surface area contributed by atoms with Crippen LogP contribution in [0.3, 0.4) is 0 Å². The van der Waals surface area contributed by atoms with Gasteiger partial charge in [-0.3, -0.25) is 9.59 Å². The quantitative estimate of drug-likeness (QED) is 0.877. The van der Waals surface area contributed by atoms with Crippen molar-refractivity contribution in [3.63, 3.8) is 0 Å². The highest BCUT2D eigenvalue weighted by Crippen LogP contribution is 2.42. The lowest BCUT2D eigenvalue weighted by Gasteiger charge is -2.21. The van der Waals surface area contributed by atoms with E-state index in [0.29, 0.717) is 13.0 Å². The van der Waals surface area contributed by atoms with Crippen LogP contribution in [0.5, 0.6) is 0 Å². The SMILES string of the molecule is CCN(C(=O)C1CC1C(=O)Nc1c(C)cc(C)cc1C)c1ccccc1. The van der Waals surface area contributed by atoms with Gasteiger partial charge in [0.2, 0.25) is 11.8 Å². The van der Waals surface area contributed by atoms with Gasteiger partial charge in [0.05, 0.1) is 11.8 Å². The molecule has 0 radical (unpaired) electrons. The molecule has 0 bridgehead atoms. The molecule has 1 aliphatic rings. The van der Waals surface area contributed by atoms with Crippen molar-refractivity contribution in [2.75, 3.05) is 16.8 Å². The van der Waals surface area contributed by atoms with Crippen molar-refractivity contribution in [2.24, 2.45) is 11.8 Å². The van der Waals surface area contributed by atoms with E-state index in [-0.39, 0.29) is 23.7 Å². The average Bonchev–Trinajstić information content (AvgIpc) is 3.40. The number of para-hydroxylation sites is 1. The van der Waals surface area contributed by atoms with Gasteiger partial charge in [-0.15, -0.1) is 0 Å². The fraction of sp³-hybridized carbons (Fsp3) is 0.364. The fourth-order valence-electron chi connectivity index (χ4n) is 3.62. The third-order valence-electron chi connectivity index (χ3n) is 5.02. The van der Waals surface area contributed by atoms with Crippen molar-refractivity contribution < 1.29 is 9.59 Å². The van der Waals surface area contributed by atoms with Gasteiger partial charge in [0.25, 0.3) is 0 Å². The number of rotatable bonds is 5. The molecule has 2 atom stereocenters.